The Morgan fingerprint density at radius 3 is 2.53 bits per heavy atom. The molecule has 0 bridgehead atoms. The second-order valence-corrected chi connectivity index (χ2v) is 8.54. The van der Waals surface area contributed by atoms with Crippen LogP contribution in [0.1, 0.15) is 35.3 Å². The molecule has 32 heavy (non-hydrogen) atoms. The maximum absolute atomic E-state index is 13.5. The number of halogens is 4. The van der Waals surface area contributed by atoms with Gasteiger partial charge in [-0.25, -0.2) is 4.39 Å². The summed E-state index contributed by atoms with van der Waals surface area (Å²) in [5, 5.41) is 0. The lowest BCUT2D eigenvalue weighted by Crippen LogP contribution is -2.49. The minimum atomic E-state index is -4.44. The predicted octanol–water partition coefficient (Wildman–Crippen LogP) is 4.84. The molecule has 8 heteroatoms. The Labute approximate surface area is 185 Å². The van der Waals surface area contributed by atoms with Crippen molar-refractivity contribution in [3.8, 4) is 0 Å². The third-order valence-corrected chi connectivity index (χ3v) is 5.27. The lowest BCUT2D eigenvalue weighted by atomic mass is 10.1. The molecule has 0 aromatic heterocycles. The van der Waals surface area contributed by atoms with Crippen LogP contribution in [0.15, 0.2) is 48.5 Å². The van der Waals surface area contributed by atoms with Crippen molar-refractivity contribution < 1.29 is 27.1 Å². The smallest absolute Gasteiger partial charge is 0.374 e. The number of hydrogen-bond donors (Lipinski definition) is 0. The van der Waals surface area contributed by atoms with E-state index in [1.165, 1.54) is 24.3 Å². The molecule has 4 nitrogen and oxygen atoms in total. The van der Waals surface area contributed by atoms with Gasteiger partial charge in [-0.15, -0.1) is 0 Å². The first-order valence-electron chi connectivity index (χ1n) is 10.7. The molecule has 1 aliphatic heterocycles. The number of nitrogens with zero attached hydrogens (tertiary/aromatic N) is 2. The molecular weight excluding hydrogens is 424 g/mol. The Balaban J connectivity index is 1.67. The van der Waals surface area contributed by atoms with Gasteiger partial charge >= 0.3 is 6.18 Å². The molecule has 0 saturated carbocycles. The summed E-state index contributed by atoms with van der Waals surface area (Å²) in [5.41, 5.74) is 0.296. The zero-order valence-corrected chi connectivity index (χ0v) is 18.2. The van der Waals surface area contributed by atoms with Gasteiger partial charge in [-0.05, 0) is 47.9 Å². The van der Waals surface area contributed by atoms with E-state index in [0.29, 0.717) is 39.3 Å². The monoisotopic (exact) mass is 452 g/mol. The SMILES string of the molecule is CC(C)CN(CC1CN(Cc2cccc(F)c2)CCO1)C(=O)c1ccc(C(F)(F)F)cc1. The van der Waals surface area contributed by atoms with Crippen molar-refractivity contribution in [3.05, 3.63) is 71.0 Å². The number of alkyl halides is 3. The van der Waals surface area contributed by atoms with Crippen molar-refractivity contribution in [2.45, 2.75) is 32.7 Å². The molecule has 2 aromatic rings. The Hall–Kier alpha value is -2.45. The number of rotatable bonds is 7. The van der Waals surface area contributed by atoms with Gasteiger partial charge in [0.2, 0.25) is 0 Å². The lowest BCUT2D eigenvalue weighted by molar-refractivity contribution is -0.137. The number of carbonyl (C=O) groups excluding carboxylic acids is 1. The Bertz CT molecular complexity index is 900. The first-order valence-corrected chi connectivity index (χ1v) is 10.7. The van der Waals surface area contributed by atoms with E-state index in [1.807, 2.05) is 19.9 Å². The summed E-state index contributed by atoms with van der Waals surface area (Å²) in [6, 6.07) is 10.7. The largest absolute Gasteiger partial charge is 0.416 e. The molecular formula is C24H28F4N2O2. The Kier molecular flexibility index (Phi) is 7.90. The van der Waals surface area contributed by atoms with E-state index < -0.39 is 11.7 Å². The highest BCUT2D eigenvalue weighted by molar-refractivity contribution is 5.94. The molecule has 1 amide bonds. The molecule has 1 aliphatic rings. The lowest BCUT2D eigenvalue weighted by Gasteiger charge is -2.36. The van der Waals surface area contributed by atoms with Crippen LogP contribution in [0.4, 0.5) is 17.6 Å². The van der Waals surface area contributed by atoms with Crippen LogP contribution in [-0.2, 0) is 17.5 Å². The van der Waals surface area contributed by atoms with E-state index >= 15 is 0 Å². The molecule has 174 valence electrons. The van der Waals surface area contributed by atoms with Crippen LogP contribution in [-0.4, -0.2) is 54.6 Å². The van der Waals surface area contributed by atoms with E-state index in [-0.39, 0.29) is 29.3 Å². The molecule has 1 unspecified atom stereocenters. The fraction of sp³-hybridized carbons (Fsp3) is 0.458. The highest BCUT2D eigenvalue weighted by Crippen LogP contribution is 2.29. The van der Waals surface area contributed by atoms with E-state index in [0.717, 1.165) is 17.7 Å². The van der Waals surface area contributed by atoms with E-state index in [2.05, 4.69) is 4.90 Å². The van der Waals surface area contributed by atoms with Gasteiger partial charge in [0.1, 0.15) is 5.82 Å². The van der Waals surface area contributed by atoms with Crippen LogP contribution >= 0.6 is 0 Å². The van der Waals surface area contributed by atoms with Crippen LogP contribution in [0, 0.1) is 11.7 Å². The van der Waals surface area contributed by atoms with Crippen LogP contribution in [0.25, 0.3) is 0 Å². The zero-order valence-electron chi connectivity index (χ0n) is 18.2. The maximum Gasteiger partial charge on any atom is 0.416 e. The first-order chi connectivity index (χ1) is 15.1. The van der Waals surface area contributed by atoms with E-state index in [9.17, 15) is 22.4 Å². The number of ether oxygens (including phenoxy) is 1. The van der Waals surface area contributed by atoms with Gasteiger partial charge in [0.15, 0.2) is 0 Å². The highest BCUT2D eigenvalue weighted by atomic mass is 19.4. The maximum atomic E-state index is 13.5. The van der Waals surface area contributed by atoms with Crippen LogP contribution in [0.3, 0.4) is 0 Å². The normalized spacial score (nSPS) is 17.5. The van der Waals surface area contributed by atoms with Gasteiger partial charge in [-0.3, -0.25) is 9.69 Å². The number of morpholine rings is 1. The second kappa shape index (κ2) is 10.4. The van der Waals surface area contributed by atoms with Crippen molar-refractivity contribution in [1.29, 1.82) is 0 Å². The average Bonchev–Trinajstić information content (AvgIpc) is 2.72. The van der Waals surface area contributed by atoms with Crippen molar-refractivity contribution in [2.24, 2.45) is 5.92 Å². The van der Waals surface area contributed by atoms with Gasteiger partial charge in [0.05, 0.1) is 18.3 Å². The minimum Gasteiger partial charge on any atom is -0.374 e. The van der Waals surface area contributed by atoms with Crippen LogP contribution < -0.4 is 0 Å². The first kappa shape index (κ1) is 24.2. The molecule has 1 heterocycles. The summed E-state index contributed by atoms with van der Waals surface area (Å²) >= 11 is 0. The molecule has 1 saturated heterocycles. The van der Waals surface area contributed by atoms with Gasteiger partial charge in [0.25, 0.3) is 5.91 Å². The minimum absolute atomic E-state index is 0.181. The molecule has 3 rings (SSSR count). The van der Waals surface area contributed by atoms with Gasteiger partial charge in [-0.2, -0.15) is 13.2 Å². The van der Waals surface area contributed by atoms with Gasteiger partial charge < -0.3 is 9.64 Å². The summed E-state index contributed by atoms with van der Waals surface area (Å²) in [6.45, 7) is 7.09. The third-order valence-electron chi connectivity index (χ3n) is 5.27. The van der Waals surface area contributed by atoms with Crippen LogP contribution in [0.5, 0.6) is 0 Å². The highest BCUT2D eigenvalue weighted by Gasteiger charge is 2.31. The average molecular weight is 452 g/mol. The van der Waals surface area contributed by atoms with E-state index in [1.54, 1.807) is 11.0 Å². The van der Waals surface area contributed by atoms with Crippen molar-refractivity contribution in [3.63, 3.8) is 0 Å². The summed E-state index contributed by atoms with van der Waals surface area (Å²) < 4.78 is 57.9. The molecule has 0 radical (unpaired) electrons. The Morgan fingerprint density at radius 2 is 1.91 bits per heavy atom. The number of amides is 1. The molecule has 0 N–H and O–H groups in total. The number of carbonyl (C=O) groups is 1. The summed E-state index contributed by atoms with van der Waals surface area (Å²) in [5.74, 6) is -0.420. The Morgan fingerprint density at radius 1 is 1.19 bits per heavy atom. The van der Waals surface area contributed by atoms with Crippen molar-refractivity contribution in [2.75, 3.05) is 32.8 Å². The third kappa shape index (κ3) is 6.77. The standard InChI is InChI=1S/C24H28F4N2O2/c1-17(2)13-30(23(31)19-6-8-20(9-7-19)24(26,27)28)16-22-15-29(10-11-32-22)14-18-4-3-5-21(25)12-18/h3-9,12,17,22H,10-11,13-16H2,1-2H3. The van der Waals surface area contributed by atoms with Crippen LogP contribution in [0.2, 0.25) is 0 Å². The van der Waals surface area contributed by atoms with Gasteiger partial charge in [0, 0.05) is 38.3 Å². The summed E-state index contributed by atoms with van der Waals surface area (Å²) in [7, 11) is 0. The van der Waals surface area contributed by atoms with E-state index in [4.69, 9.17) is 4.74 Å². The molecule has 1 fully saturated rings. The topological polar surface area (TPSA) is 32.8 Å². The molecule has 0 spiro atoms. The predicted molar refractivity (Wildman–Crippen MR) is 114 cm³/mol. The zero-order chi connectivity index (χ0) is 23.3. The van der Waals surface area contributed by atoms with Crippen molar-refractivity contribution >= 4 is 5.91 Å². The van der Waals surface area contributed by atoms with Gasteiger partial charge in [-0.1, -0.05) is 26.0 Å². The summed E-state index contributed by atoms with van der Waals surface area (Å²) in [4.78, 5) is 16.9. The quantitative estimate of drug-likeness (QED) is 0.564. The number of benzene rings is 2. The summed E-state index contributed by atoms with van der Waals surface area (Å²) in [6.07, 6.45) is -4.69. The fourth-order valence-corrected chi connectivity index (χ4v) is 3.84. The molecule has 1 atom stereocenters. The fourth-order valence-electron chi connectivity index (χ4n) is 3.84. The van der Waals surface area contributed by atoms with Crippen molar-refractivity contribution in [1.82, 2.24) is 9.80 Å². The second-order valence-electron chi connectivity index (χ2n) is 8.54. The molecule has 0 aliphatic carbocycles. The molecule has 2 aromatic carbocycles. The number of hydrogen-bond acceptors (Lipinski definition) is 3.